The summed E-state index contributed by atoms with van der Waals surface area (Å²) in [5.41, 5.74) is 0.564. The number of nitrogens with zero attached hydrogens (tertiary/aromatic N) is 1. The van der Waals surface area contributed by atoms with E-state index in [1.165, 1.54) is 0 Å². The molecule has 0 spiro atoms. The molecule has 0 aromatic rings. The molecule has 0 radical (unpaired) electrons. The number of hydrogen-bond acceptors (Lipinski definition) is 2. The molecule has 14 heavy (non-hydrogen) atoms. The van der Waals surface area contributed by atoms with E-state index < -0.39 is 0 Å². The van der Waals surface area contributed by atoms with Crippen molar-refractivity contribution in [2.24, 2.45) is 0 Å². The highest BCUT2D eigenvalue weighted by Crippen LogP contribution is 2.04. The van der Waals surface area contributed by atoms with Crippen molar-refractivity contribution in [2.75, 3.05) is 14.1 Å². The van der Waals surface area contributed by atoms with Crippen molar-refractivity contribution in [2.45, 2.75) is 39.3 Å². The molecule has 0 aliphatic carbocycles. The number of amides is 1. The molecule has 1 amide bonds. The van der Waals surface area contributed by atoms with Gasteiger partial charge in [-0.2, -0.15) is 0 Å². The fourth-order valence-electron chi connectivity index (χ4n) is 1.22. The molecule has 0 aromatic carbocycles. The van der Waals surface area contributed by atoms with E-state index in [1.807, 2.05) is 14.1 Å². The normalized spacial score (nSPS) is 15.0. The smallest absolute Gasteiger partial charge is 0.246 e. The predicted octanol–water partition coefficient (Wildman–Crippen LogP) is 1.41. The molecule has 2 atom stereocenters. The van der Waals surface area contributed by atoms with Gasteiger partial charge in [0.1, 0.15) is 0 Å². The predicted molar refractivity (Wildman–Crippen MR) is 60.2 cm³/mol. The largest absolute Gasteiger partial charge is 0.348 e. The molecule has 0 bridgehead atoms. The molecule has 0 heterocycles. The van der Waals surface area contributed by atoms with Gasteiger partial charge in [-0.1, -0.05) is 13.5 Å². The second-order valence-corrected chi connectivity index (χ2v) is 3.97. The molecular formula is C11H22N2O. The highest BCUT2D eigenvalue weighted by molar-refractivity contribution is 5.92. The summed E-state index contributed by atoms with van der Waals surface area (Å²) in [5, 5.41) is 2.97. The van der Waals surface area contributed by atoms with Crippen molar-refractivity contribution in [1.29, 1.82) is 0 Å². The minimum Gasteiger partial charge on any atom is -0.348 e. The van der Waals surface area contributed by atoms with Crippen LogP contribution < -0.4 is 5.32 Å². The number of hydrogen-bond donors (Lipinski definition) is 1. The molecule has 0 aliphatic rings. The lowest BCUT2D eigenvalue weighted by Gasteiger charge is -2.29. The second-order valence-electron chi connectivity index (χ2n) is 3.97. The monoisotopic (exact) mass is 198 g/mol. The van der Waals surface area contributed by atoms with E-state index in [9.17, 15) is 4.79 Å². The maximum atomic E-state index is 11.4. The Bertz CT molecular complexity index is 211. The molecule has 0 fully saturated rings. The van der Waals surface area contributed by atoms with Crippen LogP contribution in [0.15, 0.2) is 12.2 Å². The lowest BCUT2D eigenvalue weighted by molar-refractivity contribution is -0.118. The van der Waals surface area contributed by atoms with Crippen molar-refractivity contribution in [1.82, 2.24) is 10.2 Å². The molecule has 0 saturated heterocycles. The Hall–Kier alpha value is -0.830. The highest BCUT2D eigenvalue weighted by atomic mass is 16.1. The first kappa shape index (κ1) is 13.2. The Kier molecular flexibility index (Phi) is 5.46. The van der Waals surface area contributed by atoms with Crippen LogP contribution in [0.5, 0.6) is 0 Å². The van der Waals surface area contributed by atoms with E-state index in [2.05, 4.69) is 30.6 Å². The average Bonchev–Trinajstić information content (AvgIpc) is 2.12. The van der Waals surface area contributed by atoms with E-state index in [4.69, 9.17) is 0 Å². The van der Waals surface area contributed by atoms with Crippen LogP contribution in [0, 0.1) is 0 Å². The quantitative estimate of drug-likeness (QED) is 0.677. The third-order valence-corrected chi connectivity index (χ3v) is 2.54. The molecule has 0 rings (SSSR count). The third-order valence-electron chi connectivity index (χ3n) is 2.54. The maximum Gasteiger partial charge on any atom is 0.246 e. The zero-order valence-electron chi connectivity index (χ0n) is 9.92. The third kappa shape index (κ3) is 3.92. The van der Waals surface area contributed by atoms with Crippen LogP contribution in [0.3, 0.4) is 0 Å². The van der Waals surface area contributed by atoms with Crippen molar-refractivity contribution in [3.63, 3.8) is 0 Å². The van der Waals surface area contributed by atoms with Gasteiger partial charge in [0.2, 0.25) is 5.91 Å². The number of likely N-dealkylation sites (N-methyl/N-ethyl adjacent to an activating group) is 1. The van der Waals surface area contributed by atoms with E-state index in [0.717, 1.165) is 6.42 Å². The summed E-state index contributed by atoms with van der Waals surface area (Å²) in [6.07, 6.45) is 0.929. The molecule has 2 unspecified atom stereocenters. The first-order valence-corrected chi connectivity index (χ1v) is 5.03. The molecule has 0 aromatic heterocycles. The Labute approximate surface area is 87.2 Å². The summed E-state index contributed by atoms with van der Waals surface area (Å²) in [7, 11) is 4.03. The Morgan fingerprint density at radius 3 is 2.29 bits per heavy atom. The standard InChI is InChI=1S/C11H22N2O/c1-7-10(9(4)13(5)6)12-11(14)8(2)3/h9-10H,2,7H2,1,3-6H3,(H,12,14). The fourth-order valence-corrected chi connectivity index (χ4v) is 1.22. The SMILES string of the molecule is C=C(C)C(=O)NC(CC)C(C)N(C)C. The topological polar surface area (TPSA) is 32.3 Å². The van der Waals surface area contributed by atoms with Gasteiger partial charge in [-0.3, -0.25) is 4.79 Å². The van der Waals surface area contributed by atoms with Gasteiger partial charge in [0, 0.05) is 17.7 Å². The molecule has 3 nitrogen and oxygen atoms in total. The second kappa shape index (κ2) is 5.81. The van der Waals surface area contributed by atoms with Crippen molar-refractivity contribution in [3.05, 3.63) is 12.2 Å². The van der Waals surface area contributed by atoms with Crippen LogP contribution in [0.4, 0.5) is 0 Å². The highest BCUT2D eigenvalue weighted by Gasteiger charge is 2.19. The summed E-state index contributed by atoms with van der Waals surface area (Å²) in [6, 6.07) is 0.525. The number of carbonyl (C=O) groups excluding carboxylic acids is 1. The van der Waals surface area contributed by atoms with E-state index in [-0.39, 0.29) is 11.9 Å². The van der Waals surface area contributed by atoms with Crippen LogP contribution in [-0.2, 0) is 4.79 Å². The van der Waals surface area contributed by atoms with Gasteiger partial charge in [-0.05, 0) is 34.4 Å². The molecule has 82 valence electrons. The zero-order valence-corrected chi connectivity index (χ0v) is 9.92. The first-order chi connectivity index (χ1) is 6.40. The van der Waals surface area contributed by atoms with Crippen LogP contribution >= 0.6 is 0 Å². The van der Waals surface area contributed by atoms with Crippen molar-refractivity contribution >= 4 is 5.91 Å². The van der Waals surface area contributed by atoms with Gasteiger partial charge >= 0.3 is 0 Å². The van der Waals surface area contributed by atoms with Gasteiger partial charge in [-0.25, -0.2) is 0 Å². The summed E-state index contributed by atoms with van der Waals surface area (Å²) >= 11 is 0. The fraction of sp³-hybridized carbons (Fsp3) is 0.727. The van der Waals surface area contributed by atoms with Gasteiger partial charge in [0.05, 0.1) is 0 Å². The molecule has 1 N–H and O–H groups in total. The minimum atomic E-state index is -0.0504. The lowest BCUT2D eigenvalue weighted by atomic mass is 10.1. The van der Waals surface area contributed by atoms with Crippen LogP contribution in [0.2, 0.25) is 0 Å². The van der Waals surface area contributed by atoms with E-state index >= 15 is 0 Å². The van der Waals surface area contributed by atoms with Gasteiger partial charge < -0.3 is 10.2 Å². The summed E-state index contributed by atoms with van der Waals surface area (Å²) in [6.45, 7) is 9.52. The van der Waals surface area contributed by atoms with Crippen LogP contribution in [0.25, 0.3) is 0 Å². The molecule has 0 saturated carbocycles. The molecule has 0 aliphatic heterocycles. The first-order valence-electron chi connectivity index (χ1n) is 5.03. The summed E-state index contributed by atoms with van der Waals surface area (Å²) < 4.78 is 0. The van der Waals surface area contributed by atoms with Crippen LogP contribution in [0.1, 0.15) is 27.2 Å². The summed E-state index contributed by atoms with van der Waals surface area (Å²) in [5.74, 6) is -0.0504. The summed E-state index contributed by atoms with van der Waals surface area (Å²) in [4.78, 5) is 13.5. The van der Waals surface area contributed by atoms with E-state index in [1.54, 1.807) is 6.92 Å². The average molecular weight is 198 g/mol. The van der Waals surface area contributed by atoms with Crippen LogP contribution in [-0.4, -0.2) is 37.0 Å². The van der Waals surface area contributed by atoms with E-state index in [0.29, 0.717) is 11.6 Å². The molecular weight excluding hydrogens is 176 g/mol. The van der Waals surface area contributed by atoms with Gasteiger partial charge in [-0.15, -0.1) is 0 Å². The number of carbonyl (C=O) groups is 1. The van der Waals surface area contributed by atoms with Gasteiger partial charge in [0.15, 0.2) is 0 Å². The minimum absolute atomic E-state index is 0.0504. The van der Waals surface area contributed by atoms with Crippen molar-refractivity contribution < 1.29 is 4.79 Å². The Balaban J connectivity index is 4.29. The number of rotatable bonds is 5. The van der Waals surface area contributed by atoms with Gasteiger partial charge in [0.25, 0.3) is 0 Å². The molecule has 3 heteroatoms. The Morgan fingerprint density at radius 2 is 2.00 bits per heavy atom. The van der Waals surface area contributed by atoms with Crippen molar-refractivity contribution in [3.8, 4) is 0 Å². The maximum absolute atomic E-state index is 11.4. The number of nitrogens with one attached hydrogen (secondary N) is 1. The Morgan fingerprint density at radius 1 is 1.50 bits per heavy atom. The zero-order chi connectivity index (χ0) is 11.3. The lowest BCUT2D eigenvalue weighted by Crippen LogP contribution is -2.47.